The molecule has 1 heterocycles. The van der Waals surface area contributed by atoms with Gasteiger partial charge in [-0.05, 0) is 47.3 Å². The summed E-state index contributed by atoms with van der Waals surface area (Å²) >= 11 is 5.41. The van der Waals surface area contributed by atoms with Crippen molar-refractivity contribution < 1.29 is 27.6 Å². The SMILES string of the molecule is COc1cc2ccccc2cc1C(=O)NC(=S)N1CCN(c2ccc(C(F)(F)F)cc2[N+](=O)[O-])CC1. The summed E-state index contributed by atoms with van der Waals surface area (Å²) in [6.07, 6.45) is -4.68. The number of rotatable bonds is 4. The summed E-state index contributed by atoms with van der Waals surface area (Å²) in [6.45, 7) is 1.15. The number of nitrogens with zero attached hydrogens (tertiary/aromatic N) is 3. The van der Waals surface area contributed by atoms with Gasteiger partial charge < -0.3 is 14.5 Å². The summed E-state index contributed by atoms with van der Waals surface area (Å²) in [7, 11) is 1.47. The zero-order chi connectivity index (χ0) is 26.0. The predicted octanol–water partition coefficient (Wildman–Crippen LogP) is 4.61. The number of methoxy groups -OCH3 is 1. The van der Waals surface area contributed by atoms with E-state index in [9.17, 15) is 28.1 Å². The lowest BCUT2D eigenvalue weighted by Crippen LogP contribution is -2.52. The molecule has 4 rings (SSSR count). The van der Waals surface area contributed by atoms with Crippen LogP contribution < -0.4 is 15.0 Å². The van der Waals surface area contributed by atoms with Crippen molar-refractivity contribution in [2.24, 2.45) is 0 Å². The van der Waals surface area contributed by atoms with Crippen molar-refractivity contribution in [3.63, 3.8) is 0 Å². The van der Waals surface area contributed by atoms with Crippen LogP contribution in [0.2, 0.25) is 0 Å². The topological polar surface area (TPSA) is 88.0 Å². The van der Waals surface area contributed by atoms with Gasteiger partial charge >= 0.3 is 6.18 Å². The number of benzene rings is 3. The summed E-state index contributed by atoms with van der Waals surface area (Å²) in [5, 5.41) is 16.1. The fraction of sp³-hybridized carbons (Fsp3) is 0.250. The van der Waals surface area contributed by atoms with Crippen LogP contribution in [-0.2, 0) is 6.18 Å². The van der Waals surface area contributed by atoms with E-state index < -0.39 is 28.3 Å². The minimum atomic E-state index is -4.68. The van der Waals surface area contributed by atoms with Crippen LogP contribution in [0.4, 0.5) is 24.5 Å². The summed E-state index contributed by atoms with van der Waals surface area (Å²) in [5.41, 5.74) is -1.27. The second-order valence-electron chi connectivity index (χ2n) is 8.09. The molecule has 0 spiro atoms. The lowest BCUT2D eigenvalue weighted by atomic mass is 10.1. The Balaban J connectivity index is 1.44. The number of amides is 1. The van der Waals surface area contributed by atoms with E-state index in [0.717, 1.165) is 22.9 Å². The number of fused-ring (bicyclic) bond motifs is 1. The third kappa shape index (κ3) is 5.18. The molecule has 1 fully saturated rings. The van der Waals surface area contributed by atoms with Gasteiger partial charge in [-0.3, -0.25) is 20.2 Å². The first-order valence-corrected chi connectivity index (χ1v) is 11.3. The molecule has 0 bridgehead atoms. The maximum Gasteiger partial charge on any atom is 0.416 e. The Hall–Kier alpha value is -3.93. The lowest BCUT2D eigenvalue weighted by molar-refractivity contribution is -0.384. The highest BCUT2D eigenvalue weighted by molar-refractivity contribution is 7.80. The van der Waals surface area contributed by atoms with Gasteiger partial charge in [0.25, 0.3) is 11.6 Å². The van der Waals surface area contributed by atoms with Gasteiger partial charge in [0.1, 0.15) is 11.4 Å². The number of carbonyl (C=O) groups is 1. The van der Waals surface area contributed by atoms with E-state index in [2.05, 4.69) is 5.32 Å². The summed E-state index contributed by atoms with van der Waals surface area (Å²) in [5.74, 6) is -0.0446. The molecule has 36 heavy (non-hydrogen) atoms. The van der Waals surface area contributed by atoms with E-state index in [0.29, 0.717) is 30.5 Å². The Morgan fingerprint density at radius 3 is 2.28 bits per heavy atom. The van der Waals surface area contributed by atoms with Gasteiger partial charge in [-0.25, -0.2) is 0 Å². The second kappa shape index (κ2) is 9.97. The molecule has 1 aliphatic rings. The quantitative estimate of drug-likeness (QED) is 0.307. The number of hydrogen-bond acceptors (Lipinski definition) is 6. The van der Waals surface area contributed by atoms with Gasteiger partial charge in [-0.1, -0.05) is 24.3 Å². The van der Waals surface area contributed by atoms with Crippen LogP contribution in [0.3, 0.4) is 0 Å². The minimum Gasteiger partial charge on any atom is -0.496 e. The van der Waals surface area contributed by atoms with Crippen LogP contribution in [-0.4, -0.2) is 54.1 Å². The first-order valence-electron chi connectivity index (χ1n) is 10.9. The van der Waals surface area contributed by atoms with Crippen molar-refractivity contribution in [1.82, 2.24) is 10.2 Å². The number of anilines is 1. The molecule has 1 amide bonds. The van der Waals surface area contributed by atoms with Crippen molar-refractivity contribution in [3.05, 3.63) is 75.8 Å². The number of nitro benzene ring substituents is 1. The molecule has 8 nitrogen and oxygen atoms in total. The standard InChI is InChI=1S/C24H21F3N4O4S/c1-35-21-13-16-5-3-2-4-15(16)12-18(21)22(32)28-23(36)30-10-8-29(9-11-30)19-7-6-17(24(25,26)27)14-20(19)31(33)34/h2-7,12-14H,8-11H2,1H3,(H,28,32,36). The van der Waals surface area contributed by atoms with Crippen molar-refractivity contribution >= 4 is 45.4 Å². The summed E-state index contributed by atoms with van der Waals surface area (Å²) < 4.78 is 44.4. The normalized spacial score (nSPS) is 14.0. The molecule has 3 aromatic rings. The third-order valence-corrected chi connectivity index (χ3v) is 6.30. The van der Waals surface area contributed by atoms with Crippen molar-refractivity contribution in [1.29, 1.82) is 0 Å². The van der Waals surface area contributed by atoms with Crippen LogP contribution in [0, 0.1) is 10.1 Å². The molecule has 0 atom stereocenters. The Bertz CT molecular complexity index is 1340. The molecule has 0 aliphatic carbocycles. The van der Waals surface area contributed by atoms with Gasteiger partial charge in [0.05, 0.1) is 23.2 Å². The van der Waals surface area contributed by atoms with Gasteiger partial charge in [0, 0.05) is 32.2 Å². The highest BCUT2D eigenvalue weighted by Crippen LogP contribution is 2.36. The predicted molar refractivity (Wildman–Crippen MR) is 132 cm³/mol. The number of carbonyl (C=O) groups excluding carboxylic acids is 1. The van der Waals surface area contributed by atoms with Crippen molar-refractivity contribution in [2.75, 3.05) is 38.2 Å². The third-order valence-electron chi connectivity index (χ3n) is 5.94. The second-order valence-corrected chi connectivity index (χ2v) is 8.48. The van der Waals surface area contributed by atoms with Gasteiger partial charge in [-0.2, -0.15) is 13.2 Å². The highest BCUT2D eigenvalue weighted by atomic mass is 32.1. The number of nitro groups is 1. The Morgan fingerprint density at radius 2 is 1.69 bits per heavy atom. The number of halogens is 3. The number of hydrogen-bond donors (Lipinski definition) is 1. The average molecular weight is 519 g/mol. The van der Waals surface area contributed by atoms with Crippen LogP contribution in [0.15, 0.2) is 54.6 Å². The Kier molecular flexibility index (Phi) is 6.97. The summed E-state index contributed by atoms with van der Waals surface area (Å²) in [6, 6.07) is 13.5. The number of thiocarbonyl (C=S) groups is 1. The van der Waals surface area contributed by atoms with E-state index >= 15 is 0 Å². The molecule has 0 unspecified atom stereocenters. The minimum absolute atomic E-state index is 0.100. The first kappa shape index (κ1) is 25.2. The van der Waals surface area contributed by atoms with Gasteiger partial charge in [-0.15, -0.1) is 0 Å². The van der Waals surface area contributed by atoms with E-state index in [1.165, 1.54) is 7.11 Å². The molecule has 0 radical (unpaired) electrons. The largest absolute Gasteiger partial charge is 0.496 e. The smallest absolute Gasteiger partial charge is 0.416 e. The van der Waals surface area contributed by atoms with Crippen LogP contribution in [0.25, 0.3) is 10.8 Å². The van der Waals surface area contributed by atoms with E-state index in [4.69, 9.17) is 17.0 Å². The van der Waals surface area contributed by atoms with E-state index in [1.807, 2.05) is 24.3 Å². The number of piperazine rings is 1. The number of nitrogens with one attached hydrogen (secondary N) is 1. The molecule has 0 saturated carbocycles. The van der Waals surface area contributed by atoms with Crippen LogP contribution in [0.5, 0.6) is 5.75 Å². The van der Waals surface area contributed by atoms with Crippen LogP contribution in [0.1, 0.15) is 15.9 Å². The molecular formula is C24H21F3N4O4S. The molecular weight excluding hydrogens is 497 g/mol. The van der Waals surface area contributed by atoms with E-state index in [1.54, 1.807) is 21.9 Å². The van der Waals surface area contributed by atoms with Crippen LogP contribution >= 0.6 is 12.2 Å². The maximum atomic E-state index is 13.0. The Labute approximate surface area is 209 Å². The van der Waals surface area contributed by atoms with Gasteiger partial charge in [0.15, 0.2) is 5.11 Å². The zero-order valence-electron chi connectivity index (χ0n) is 19.0. The van der Waals surface area contributed by atoms with E-state index in [-0.39, 0.29) is 23.9 Å². The summed E-state index contributed by atoms with van der Waals surface area (Å²) in [4.78, 5) is 26.9. The average Bonchev–Trinajstić information content (AvgIpc) is 2.86. The lowest BCUT2D eigenvalue weighted by Gasteiger charge is -2.37. The zero-order valence-corrected chi connectivity index (χ0v) is 19.9. The van der Waals surface area contributed by atoms with Crippen molar-refractivity contribution in [2.45, 2.75) is 6.18 Å². The maximum absolute atomic E-state index is 13.0. The molecule has 12 heteroatoms. The number of ether oxygens (including phenoxy) is 1. The monoisotopic (exact) mass is 518 g/mol. The fourth-order valence-electron chi connectivity index (χ4n) is 4.07. The Morgan fingerprint density at radius 1 is 1.06 bits per heavy atom. The molecule has 0 aromatic heterocycles. The highest BCUT2D eigenvalue weighted by Gasteiger charge is 2.34. The number of alkyl halides is 3. The molecule has 3 aromatic carbocycles. The molecule has 188 valence electrons. The molecule has 1 N–H and O–H groups in total. The molecule has 1 saturated heterocycles. The first-order chi connectivity index (χ1) is 17.1. The van der Waals surface area contributed by atoms with Crippen molar-refractivity contribution in [3.8, 4) is 5.75 Å². The molecule has 1 aliphatic heterocycles. The van der Waals surface area contributed by atoms with Gasteiger partial charge in [0.2, 0.25) is 0 Å². The fourth-order valence-corrected chi connectivity index (χ4v) is 4.35.